The number of carbonyl (C=O) groups is 1. The average Bonchev–Trinajstić information content (AvgIpc) is 2.80. The van der Waals surface area contributed by atoms with Gasteiger partial charge in [0.25, 0.3) is 5.91 Å². The third-order valence-corrected chi connectivity index (χ3v) is 8.03. The van der Waals surface area contributed by atoms with Crippen molar-refractivity contribution in [1.29, 1.82) is 0 Å². The summed E-state index contributed by atoms with van der Waals surface area (Å²) in [5, 5.41) is 2.56. The lowest BCUT2D eigenvalue weighted by Gasteiger charge is -2.58. The molecule has 5 rings (SSSR count). The van der Waals surface area contributed by atoms with Crippen LogP contribution in [0.2, 0.25) is 0 Å². The maximum absolute atomic E-state index is 13.7. The molecule has 1 saturated heterocycles. The smallest absolute Gasteiger partial charge is 0.322 e. The maximum atomic E-state index is 13.7. The van der Waals surface area contributed by atoms with E-state index in [-0.39, 0.29) is 5.41 Å². The van der Waals surface area contributed by atoms with Crippen LogP contribution in [-0.4, -0.2) is 36.6 Å². The van der Waals surface area contributed by atoms with Gasteiger partial charge in [0.2, 0.25) is 0 Å². The molecule has 6 heteroatoms. The molecule has 1 aliphatic heterocycles. The molecule has 2 aliphatic carbocycles. The number of piperidine rings is 1. The molecule has 1 saturated carbocycles. The monoisotopic (exact) mass is 454 g/mol. The van der Waals surface area contributed by atoms with Crippen LogP contribution in [0.1, 0.15) is 48.8 Å². The first-order valence-electron chi connectivity index (χ1n) is 11.8. The lowest BCUT2D eigenvalue weighted by molar-refractivity contribution is -0.126. The van der Waals surface area contributed by atoms with E-state index in [0.717, 1.165) is 31.9 Å². The van der Waals surface area contributed by atoms with E-state index in [1.54, 1.807) is 36.4 Å². The van der Waals surface area contributed by atoms with E-state index in [4.69, 9.17) is 0 Å². The van der Waals surface area contributed by atoms with E-state index in [1.165, 1.54) is 30.4 Å². The minimum atomic E-state index is -4.75. The molecule has 3 nitrogen and oxygen atoms in total. The van der Waals surface area contributed by atoms with Crippen molar-refractivity contribution < 1.29 is 18.0 Å². The van der Waals surface area contributed by atoms with Gasteiger partial charge in [0.15, 0.2) is 0 Å². The number of fused-ring (bicyclic) bond motifs is 1. The maximum Gasteiger partial charge on any atom is 0.421 e. The Morgan fingerprint density at radius 2 is 1.91 bits per heavy atom. The summed E-state index contributed by atoms with van der Waals surface area (Å²) in [5.41, 5.74) is 2.19. The molecule has 3 aliphatic rings. The lowest BCUT2D eigenvalue weighted by atomic mass is 9.52. The highest BCUT2D eigenvalue weighted by Crippen LogP contribution is 2.55. The summed E-state index contributed by atoms with van der Waals surface area (Å²) in [6.07, 6.45) is 2.93. The predicted octanol–water partition coefficient (Wildman–Crippen LogP) is 5.96. The van der Waals surface area contributed by atoms with Crippen molar-refractivity contribution in [2.45, 2.75) is 56.2 Å². The number of alkyl halides is 3. The number of nitrogens with zero attached hydrogens (tertiary/aromatic N) is 1. The van der Waals surface area contributed by atoms with E-state index in [9.17, 15) is 18.0 Å². The number of benzene rings is 2. The fraction of sp³-hybridized carbons (Fsp3) is 0.444. The number of nitrogens with one attached hydrogen (secondary N) is 1. The first-order valence-corrected chi connectivity index (χ1v) is 11.8. The summed E-state index contributed by atoms with van der Waals surface area (Å²) in [4.78, 5) is 15.2. The second-order valence-corrected chi connectivity index (χ2v) is 9.80. The molecule has 174 valence electrons. The molecule has 2 fully saturated rings. The number of hydrogen-bond acceptors (Lipinski definition) is 2. The number of likely N-dealkylation sites (tertiary alicyclic amines) is 1. The van der Waals surface area contributed by atoms with E-state index in [2.05, 4.69) is 17.3 Å². The molecule has 2 aromatic carbocycles. The summed E-state index contributed by atoms with van der Waals surface area (Å²) in [6, 6.07) is 14.4. The van der Waals surface area contributed by atoms with Crippen LogP contribution in [0.5, 0.6) is 0 Å². The van der Waals surface area contributed by atoms with Gasteiger partial charge in [0.1, 0.15) is 5.57 Å². The van der Waals surface area contributed by atoms with Crippen molar-refractivity contribution >= 4 is 17.7 Å². The van der Waals surface area contributed by atoms with Crippen LogP contribution in [0, 0.1) is 5.92 Å². The number of hydrogen-bond donors (Lipinski definition) is 1. The average molecular weight is 455 g/mol. The second-order valence-electron chi connectivity index (χ2n) is 9.80. The zero-order chi connectivity index (χ0) is 23.2. The Morgan fingerprint density at radius 1 is 1.12 bits per heavy atom. The second kappa shape index (κ2) is 8.32. The van der Waals surface area contributed by atoms with Gasteiger partial charge in [0.05, 0.1) is 0 Å². The minimum absolute atomic E-state index is 0.0798. The van der Waals surface area contributed by atoms with Gasteiger partial charge in [-0.15, -0.1) is 0 Å². The first kappa shape index (κ1) is 22.2. The zero-order valence-corrected chi connectivity index (χ0v) is 18.8. The number of rotatable bonds is 3. The Morgan fingerprint density at radius 3 is 2.67 bits per heavy atom. The van der Waals surface area contributed by atoms with Gasteiger partial charge in [-0.25, -0.2) is 0 Å². The third kappa shape index (κ3) is 3.99. The molecular formula is C27H29F3N2O. The van der Waals surface area contributed by atoms with Crippen molar-refractivity contribution in [3.63, 3.8) is 0 Å². The zero-order valence-electron chi connectivity index (χ0n) is 18.8. The molecule has 1 heterocycles. The SMILES string of the molecule is CN1CC[C@]23CCCC[C@H]2[C@H]1Cc1ccc(NC(=O)C(=Cc2ccccc2)C(F)(F)F)cc13. The van der Waals surface area contributed by atoms with E-state index >= 15 is 0 Å². The summed E-state index contributed by atoms with van der Waals surface area (Å²) in [7, 11) is 2.21. The largest absolute Gasteiger partial charge is 0.421 e. The number of halogens is 3. The molecule has 1 N–H and O–H groups in total. The van der Waals surface area contributed by atoms with Crippen LogP contribution in [-0.2, 0) is 16.6 Å². The molecule has 0 radical (unpaired) electrons. The van der Waals surface area contributed by atoms with Crippen LogP contribution >= 0.6 is 0 Å². The molecule has 0 unspecified atom stereocenters. The standard InChI is InChI=1S/C27H29F3N2O/c1-32-14-13-26-12-6-5-9-21(26)24(32)16-19-10-11-20(17-22(19)26)31-25(33)23(27(28,29)30)15-18-7-3-2-4-8-18/h2-4,7-8,10-11,15,17,21,24H,5-6,9,12-14,16H2,1H3,(H,31,33)/t21-,24+,26+/m0/s1. The van der Waals surface area contributed by atoms with Crippen LogP contribution in [0.15, 0.2) is 54.1 Å². The molecular weight excluding hydrogens is 425 g/mol. The topological polar surface area (TPSA) is 32.3 Å². The van der Waals surface area contributed by atoms with E-state index in [0.29, 0.717) is 23.2 Å². The van der Waals surface area contributed by atoms with E-state index < -0.39 is 17.7 Å². The van der Waals surface area contributed by atoms with Crippen LogP contribution in [0.3, 0.4) is 0 Å². The van der Waals surface area contributed by atoms with Gasteiger partial charge in [-0.3, -0.25) is 4.79 Å². The van der Waals surface area contributed by atoms with Crippen LogP contribution < -0.4 is 5.32 Å². The van der Waals surface area contributed by atoms with E-state index in [1.807, 2.05) is 12.1 Å². The number of carbonyl (C=O) groups excluding carboxylic acids is 1. The first-order chi connectivity index (χ1) is 15.8. The molecule has 3 atom stereocenters. The fourth-order valence-corrected chi connectivity index (χ4v) is 6.46. The third-order valence-electron chi connectivity index (χ3n) is 8.03. The number of anilines is 1. The Hall–Kier alpha value is -2.60. The molecule has 0 spiro atoms. The van der Waals surface area contributed by atoms with Gasteiger partial charge >= 0.3 is 6.18 Å². The van der Waals surface area contributed by atoms with Gasteiger partial charge in [0, 0.05) is 17.1 Å². The number of likely N-dealkylation sites (N-methyl/N-ethyl adjacent to an activating group) is 1. The predicted molar refractivity (Wildman–Crippen MR) is 124 cm³/mol. The van der Waals surface area contributed by atoms with Gasteiger partial charge in [-0.2, -0.15) is 13.2 Å². The normalized spacial score (nSPS) is 27.5. The molecule has 2 bridgehead atoms. The highest BCUT2D eigenvalue weighted by Gasteiger charge is 2.53. The Kier molecular flexibility index (Phi) is 5.60. The van der Waals surface area contributed by atoms with Crippen molar-refractivity contribution in [2.75, 3.05) is 18.9 Å². The van der Waals surface area contributed by atoms with Crippen molar-refractivity contribution in [3.8, 4) is 0 Å². The van der Waals surface area contributed by atoms with Gasteiger partial charge in [-0.1, -0.05) is 49.2 Å². The highest BCUT2D eigenvalue weighted by atomic mass is 19.4. The summed E-state index contributed by atoms with van der Waals surface area (Å²) < 4.78 is 41.2. The van der Waals surface area contributed by atoms with Gasteiger partial charge < -0.3 is 10.2 Å². The van der Waals surface area contributed by atoms with Crippen molar-refractivity contribution in [1.82, 2.24) is 4.90 Å². The quantitative estimate of drug-likeness (QED) is 0.581. The van der Waals surface area contributed by atoms with Crippen molar-refractivity contribution in [2.24, 2.45) is 5.92 Å². The van der Waals surface area contributed by atoms with Crippen LogP contribution in [0.25, 0.3) is 6.08 Å². The lowest BCUT2D eigenvalue weighted by Crippen LogP contribution is -2.59. The Bertz CT molecular complexity index is 1080. The minimum Gasteiger partial charge on any atom is -0.322 e. The number of amides is 1. The van der Waals surface area contributed by atoms with Crippen molar-refractivity contribution in [3.05, 3.63) is 70.8 Å². The molecule has 2 aromatic rings. The van der Waals surface area contributed by atoms with Crippen LogP contribution in [0.4, 0.5) is 18.9 Å². The molecule has 0 aromatic heterocycles. The highest BCUT2D eigenvalue weighted by molar-refractivity contribution is 6.07. The summed E-state index contributed by atoms with van der Waals surface area (Å²) >= 11 is 0. The molecule has 1 amide bonds. The summed E-state index contributed by atoms with van der Waals surface area (Å²) in [6.45, 7) is 1.04. The Balaban J connectivity index is 1.47. The Labute approximate surface area is 192 Å². The molecule has 33 heavy (non-hydrogen) atoms. The fourth-order valence-electron chi connectivity index (χ4n) is 6.46. The van der Waals surface area contributed by atoms with Gasteiger partial charge in [-0.05, 0) is 80.1 Å². The summed E-state index contributed by atoms with van der Waals surface area (Å²) in [5.74, 6) is -0.548.